The van der Waals surface area contributed by atoms with Crippen molar-refractivity contribution in [2.24, 2.45) is 14.0 Å². The number of hydrogen-bond donors (Lipinski definition) is 0. The predicted octanol–water partition coefficient (Wildman–Crippen LogP) is 2.38. The van der Waals surface area contributed by atoms with Crippen LogP contribution in [-0.2, 0) is 20.5 Å². The Kier molecular flexibility index (Phi) is 1.16. The van der Waals surface area contributed by atoms with E-state index >= 15 is 0 Å². The number of imidazole rings is 1. The minimum absolute atomic E-state index is 0.189. The first-order chi connectivity index (χ1) is 12.7. The Hall–Kier alpha value is -2.62. The van der Waals surface area contributed by atoms with Crippen LogP contribution in [0, 0.1) is 0 Å². The molecule has 1 aromatic carbocycles. The molecule has 0 radical (unpaired) electrons. The van der Waals surface area contributed by atoms with Gasteiger partial charge in [-0.3, -0.25) is 9.55 Å². The van der Waals surface area contributed by atoms with Crippen molar-refractivity contribution in [2.45, 2.75) is 6.54 Å². The zero-order valence-electron chi connectivity index (χ0n) is 17.0. The normalized spacial score (nSPS) is 18.5. The quantitative estimate of drug-likeness (QED) is 0.400. The lowest BCUT2D eigenvalue weighted by molar-refractivity contribution is -0.636. The molecule has 1 aliphatic rings. The first-order valence-corrected chi connectivity index (χ1v) is 6.71. The summed E-state index contributed by atoms with van der Waals surface area (Å²) in [7, 11) is 0. The zero-order chi connectivity index (χ0) is 19.1. The number of nitrogens with zero attached hydrogens (tertiary/aromatic N) is 4. The van der Waals surface area contributed by atoms with Crippen LogP contribution in [0.4, 0.5) is 0 Å². The van der Waals surface area contributed by atoms with Gasteiger partial charge in [-0.2, -0.15) is 0 Å². The molecule has 0 spiro atoms. The van der Waals surface area contributed by atoms with Crippen LogP contribution in [0.2, 0.25) is 0 Å². The van der Waals surface area contributed by atoms with E-state index in [9.17, 15) is 0 Å². The monoisotopic (exact) mass is 281 g/mol. The molecule has 102 valence electrons. The van der Waals surface area contributed by atoms with Crippen molar-refractivity contribution >= 4 is 22.1 Å². The topological polar surface area (TPSA) is 26.6 Å². The van der Waals surface area contributed by atoms with Crippen LogP contribution in [0.3, 0.4) is 0 Å². The molecule has 0 saturated heterocycles. The van der Waals surface area contributed by atoms with Crippen LogP contribution >= 0.6 is 0 Å². The van der Waals surface area contributed by atoms with Crippen molar-refractivity contribution in [3.8, 4) is 11.4 Å². The van der Waals surface area contributed by atoms with Gasteiger partial charge in [0.15, 0.2) is 5.52 Å². The number of benzene rings is 1. The molecule has 4 aromatic rings. The highest BCUT2D eigenvalue weighted by Gasteiger charge is 2.34. The third kappa shape index (κ3) is 1.17. The Morgan fingerprint density at radius 2 is 2.24 bits per heavy atom. The first-order valence-electron chi connectivity index (χ1n) is 9.71. The summed E-state index contributed by atoms with van der Waals surface area (Å²) in [6.45, 7) is -4.60. The number of para-hydroxylation sites is 1. The summed E-state index contributed by atoms with van der Waals surface area (Å²) in [5, 5.41) is 0.716. The largest absolute Gasteiger partial charge is 0.269 e. The van der Waals surface area contributed by atoms with E-state index in [0.717, 1.165) is 15.7 Å². The summed E-state index contributed by atoms with van der Waals surface area (Å²) in [4.78, 5) is 4.14. The minimum Gasteiger partial charge on any atom is -0.264 e. The van der Waals surface area contributed by atoms with Gasteiger partial charge in [-0.15, -0.1) is 0 Å². The number of fused-ring (bicyclic) bond motifs is 7. The maximum atomic E-state index is 8.13. The van der Waals surface area contributed by atoms with E-state index in [1.165, 1.54) is 4.57 Å². The second-order valence-corrected chi connectivity index (χ2v) is 5.30. The molecular formula is C17H15N4+. The Bertz CT molecular complexity index is 1230. The molecule has 3 aromatic heterocycles. The van der Waals surface area contributed by atoms with Crippen molar-refractivity contribution in [1.29, 1.82) is 0 Å². The smallest absolute Gasteiger partial charge is 0.264 e. The summed E-state index contributed by atoms with van der Waals surface area (Å²) < 4.78 is 52.7. The van der Waals surface area contributed by atoms with E-state index in [0.29, 0.717) is 28.8 Å². The molecule has 0 unspecified atom stereocenters. The molecule has 0 bridgehead atoms. The average molecular weight is 281 g/mol. The molecule has 0 aliphatic carbocycles. The van der Waals surface area contributed by atoms with Crippen LogP contribution < -0.4 is 4.57 Å². The fourth-order valence-electron chi connectivity index (χ4n) is 3.37. The molecule has 4 nitrogen and oxygen atoms in total. The molecule has 4 heterocycles. The van der Waals surface area contributed by atoms with Gasteiger partial charge in [0, 0.05) is 18.0 Å². The summed E-state index contributed by atoms with van der Waals surface area (Å²) in [5.41, 5.74) is 2.97. The number of pyridine rings is 1. The Morgan fingerprint density at radius 3 is 3.14 bits per heavy atom. The van der Waals surface area contributed by atoms with Crippen LogP contribution in [0.5, 0.6) is 0 Å². The molecule has 0 atom stereocenters. The van der Waals surface area contributed by atoms with Gasteiger partial charge in [-0.05, 0) is 18.2 Å². The Morgan fingerprint density at radius 1 is 1.29 bits per heavy atom. The summed E-state index contributed by atoms with van der Waals surface area (Å²) in [5.74, 6) is 0.487. The minimum atomic E-state index is -2.54. The van der Waals surface area contributed by atoms with Gasteiger partial charge >= 0.3 is 0 Å². The van der Waals surface area contributed by atoms with Crippen molar-refractivity contribution in [2.75, 3.05) is 0 Å². The molecular weight excluding hydrogens is 260 g/mol. The first kappa shape index (κ1) is 6.89. The lowest BCUT2D eigenvalue weighted by Gasteiger charge is -1.98. The maximum absolute atomic E-state index is 8.13. The van der Waals surface area contributed by atoms with Gasteiger partial charge in [-0.1, -0.05) is 12.1 Å². The van der Waals surface area contributed by atoms with Gasteiger partial charge in [0.1, 0.15) is 5.52 Å². The molecule has 4 heteroatoms. The highest BCUT2D eigenvalue weighted by atomic mass is 15.2. The number of aromatic nitrogens is 4. The predicted molar refractivity (Wildman–Crippen MR) is 81.9 cm³/mol. The highest BCUT2D eigenvalue weighted by molar-refractivity contribution is 6.04. The third-order valence-corrected chi connectivity index (χ3v) is 4.25. The van der Waals surface area contributed by atoms with E-state index in [1.807, 2.05) is 16.7 Å². The van der Waals surface area contributed by atoms with Gasteiger partial charge in [0.25, 0.3) is 5.65 Å². The van der Waals surface area contributed by atoms with E-state index < -0.39 is 14.0 Å². The zero-order valence-corrected chi connectivity index (χ0v) is 11.0. The number of rotatable bonds is 0. The van der Waals surface area contributed by atoms with Gasteiger partial charge in [0.2, 0.25) is 5.82 Å². The number of aryl methyl sites for hydroxylation is 2. The lowest BCUT2D eigenvalue weighted by atomic mass is 10.2. The molecule has 0 saturated carbocycles. The van der Waals surface area contributed by atoms with E-state index in [1.54, 1.807) is 30.6 Å². The summed E-state index contributed by atoms with van der Waals surface area (Å²) in [6, 6.07) is 8.90. The standard InChI is InChI=1S/C17H15N4/c1-19-14-6-4-3-5-13(14)15-17(19)20(2)16-12-7-8-18-9-11(12)10-21(15)16/h3-9H,10H2,1-2H3/q+1/i1D3,2D3. The second-order valence-electron chi connectivity index (χ2n) is 5.30. The molecule has 0 amide bonds. The van der Waals surface area contributed by atoms with Gasteiger partial charge in [0.05, 0.1) is 39.7 Å². The summed E-state index contributed by atoms with van der Waals surface area (Å²) >= 11 is 0. The van der Waals surface area contributed by atoms with Crippen LogP contribution in [0.25, 0.3) is 33.5 Å². The molecule has 0 N–H and O–H groups in total. The molecule has 0 fully saturated rings. The average Bonchev–Trinajstić information content (AvgIpc) is 3.18. The maximum Gasteiger partial charge on any atom is 0.269 e. The van der Waals surface area contributed by atoms with E-state index in [4.69, 9.17) is 8.22 Å². The third-order valence-electron chi connectivity index (χ3n) is 4.25. The Balaban J connectivity index is 2.07. The van der Waals surface area contributed by atoms with Crippen LogP contribution in [0.15, 0.2) is 42.7 Å². The SMILES string of the molecule is [2H]C([2H])([2H])n1c2ccccc2c2c1[n+](C([2H])([2H])[2H])c1n2Cc2cnccc2-1. The molecule has 1 aliphatic heterocycles. The molecule has 21 heavy (non-hydrogen) atoms. The van der Waals surface area contributed by atoms with E-state index in [2.05, 4.69) is 4.98 Å². The Labute approximate surface area is 130 Å². The van der Waals surface area contributed by atoms with Crippen LogP contribution in [0.1, 0.15) is 13.8 Å². The van der Waals surface area contributed by atoms with Crippen molar-refractivity contribution in [3.63, 3.8) is 0 Å². The summed E-state index contributed by atoms with van der Waals surface area (Å²) in [6.07, 6.45) is 3.34. The van der Waals surface area contributed by atoms with Gasteiger partial charge in [-0.25, -0.2) is 9.13 Å². The van der Waals surface area contributed by atoms with Gasteiger partial charge < -0.3 is 0 Å². The lowest BCUT2D eigenvalue weighted by Crippen LogP contribution is -2.31. The van der Waals surface area contributed by atoms with Crippen molar-refractivity contribution in [1.82, 2.24) is 14.1 Å². The second kappa shape index (κ2) is 3.52. The fraction of sp³-hybridized carbons (Fsp3) is 0.176. The van der Waals surface area contributed by atoms with E-state index in [-0.39, 0.29) is 5.65 Å². The molecule has 5 rings (SSSR count). The number of hydrogen-bond acceptors (Lipinski definition) is 1. The van der Waals surface area contributed by atoms with Crippen molar-refractivity contribution in [3.05, 3.63) is 48.3 Å². The highest BCUT2D eigenvalue weighted by Crippen LogP contribution is 2.36. The fourth-order valence-corrected chi connectivity index (χ4v) is 3.37. The van der Waals surface area contributed by atoms with Crippen molar-refractivity contribution < 1.29 is 12.8 Å². The van der Waals surface area contributed by atoms with Crippen LogP contribution in [-0.4, -0.2) is 14.1 Å².